The Bertz CT molecular complexity index is 678. The molecule has 3 N–H and O–H groups in total. The van der Waals surface area contributed by atoms with E-state index in [1.165, 1.54) is 0 Å². The molecule has 134 valence electrons. The van der Waals surface area contributed by atoms with Gasteiger partial charge in [0.05, 0.1) is 6.10 Å². The summed E-state index contributed by atoms with van der Waals surface area (Å²) in [5, 5.41) is 23.3. The molecule has 0 aliphatic rings. The van der Waals surface area contributed by atoms with Crippen molar-refractivity contribution in [2.75, 3.05) is 6.54 Å². The highest BCUT2D eigenvalue weighted by Gasteiger charge is 2.19. The number of halogens is 2. The summed E-state index contributed by atoms with van der Waals surface area (Å²) in [5.41, 5.74) is 1.39. The second-order valence-electron chi connectivity index (χ2n) is 5.49. The van der Waals surface area contributed by atoms with Gasteiger partial charge in [-0.05, 0) is 35.7 Å². The Morgan fingerprint density at radius 3 is 2.60 bits per heavy atom. The highest BCUT2D eigenvalue weighted by molar-refractivity contribution is 9.10. The molecule has 25 heavy (non-hydrogen) atoms. The molecule has 0 aromatic heterocycles. The van der Waals surface area contributed by atoms with Gasteiger partial charge in [0.2, 0.25) is 0 Å². The van der Waals surface area contributed by atoms with Gasteiger partial charge in [0, 0.05) is 16.0 Å². The van der Waals surface area contributed by atoms with Crippen LogP contribution in [0.15, 0.2) is 53.0 Å². The summed E-state index contributed by atoms with van der Waals surface area (Å²) in [6.07, 6.45) is -2.54. The zero-order chi connectivity index (χ0) is 18.2. The van der Waals surface area contributed by atoms with E-state index in [2.05, 4.69) is 21.2 Å². The van der Waals surface area contributed by atoms with Crippen LogP contribution >= 0.6 is 27.5 Å². The summed E-state index contributed by atoms with van der Waals surface area (Å²) in [6.45, 7) is 0.349. The van der Waals surface area contributed by atoms with Crippen molar-refractivity contribution in [2.45, 2.75) is 25.2 Å². The Balaban J connectivity index is 1.73. The van der Waals surface area contributed by atoms with Gasteiger partial charge in [-0.1, -0.05) is 57.9 Å². The Hall–Kier alpha value is -1.60. The molecule has 0 aliphatic heterocycles. The number of hydrogen-bond donors (Lipinski definition) is 3. The Morgan fingerprint density at radius 2 is 1.92 bits per heavy atom. The average molecular weight is 429 g/mol. The van der Waals surface area contributed by atoms with Crippen molar-refractivity contribution in [1.29, 1.82) is 0 Å². The number of carbonyl (C=O) groups is 1. The number of benzene rings is 2. The van der Waals surface area contributed by atoms with Gasteiger partial charge < -0.3 is 20.3 Å². The first-order valence-corrected chi connectivity index (χ1v) is 8.89. The second kappa shape index (κ2) is 9.77. The van der Waals surface area contributed by atoms with Gasteiger partial charge in [-0.2, -0.15) is 0 Å². The number of aliphatic hydroxyl groups excluding tert-OH is 2. The van der Waals surface area contributed by atoms with Crippen molar-refractivity contribution < 1.29 is 19.7 Å². The summed E-state index contributed by atoms with van der Waals surface area (Å²) < 4.78 is 5.78. The van der Waals surface area contributed by atoms with E-state index in [1.54, 1.807) is 18.2 Å². The molecule has 7 heteroatoms. The number of alkyl carbamates (subject to hydrolysis) is 1. The lowest BCUT2D eigenvalue weighted by atomic mass is 10.0. The lowest BCUT2D eigenvalue weighted by Crippen LogP contribution is -2.29. The largest absolute Gasteiger partial charge is 0.445 e. The van der Waals surface area contributed by atoms with Gasteiger partial charge in [-0.3, -0.25) is 0 Å². The van der Waals surface area contributed by atoms with Crippen molar-refractivity contribution in [3.05, 3.63) is 69.2 Å². The normalized spacial score (nSPS) is 13.1. The molecule has 2 aromatic carbocycles. The predicted molar refractivity (Wildman–Crippen MR) is 99.4 cm³/mol. The molecule has 2 atom stereocenters. The molecule has 0 aliphatic carbocycles. The van der Waals surface area contributed by atoms with E-state index in [0.29, 0.717) is 15.1 Å². The fourth-order valence-electron chi connectivity index (χ4n) is 2.22. The monoisotopic (exact) mass is 427 g/mol. The number of hydrogen-bond acceptors (Lipinski definition) is 4. The minimum atomic E-state index is -1.10. The third-order valence-corrected chi connectivity index (χ3v) is 4.19. The quantitative estimate of drug-likeness (QED) is 0.626. The topological polar surface area (TPSA) is 78.8 Å². The molecule has 0 heterocycles. The van der Waals surface area contributed by atoms with Crippen molar-refractivity contribution >= 4 is 33.6 Å². The Kier molecular flexibility index (Phi) is 7.71. The van der Waals surface area contributed by atoms with Crippen LogP contribution in [0.25, 0.3) is 0 Å². The fourth-order valence-corrected chi connectivity index (χ4v) is 3.11. The first kappa shape index (κ1) is 19.7. The number of amides is 1. The van der Waals surface area contributed by atoms with Crippen LogP contribution < -0.4 is 5.32 Å². The Labute approximate surface area is 159 Å². The van der Waals surface area contributed by atoms with Crippen LogP contribution in [-0.4, -0.2) is 29.0 Å². The molecular weight excluding hydrogens is 410 g/mol. The molecule has 0 spiro atoms. The van der Waals surface area contributed by atoms with E-state index >= 15 is 0 Å². The van der Waals surface area contributed by atoms with Gasteiger partial charge in [-0.25, -0.2) is 4.79 Å². The molecule has 0 fully saturated rings. The number of rotatable bonds is 7. The van der Waals surface area contributed by atoms with Crippen molar-refractivity contribution in [3.8, 4) is 0 Å². The lowest BCUT2D eigenvalue weighted by Gasteiger charge is -2.19. The summed E-state index contributed by atoms with van der Waals surface area (Å²) in [5.74, 6) is 0. The molecule has 2 unspecified atom stereocenters. The lowest BCUT2D eigenvalue weighted by molar-refractivity contribution is 0.0136. The molecular formula is C18H19BrClNO4. The van der Waals surface area contributed by atoms with Crippen LogP contribution in [-0.2, 0) is 11.3 Å². The van der Waals surface area contributed by atoms with Crippen LogP contribution in [0.3, 0.4) is 0 Å². The maximum absolute atomic E-state index is 11.6. The zero-order valence-electron chi connectivity index (χ0n) is 13.4. The van der Waals surface area contributed by atoms with Crippen LogP contribution in [0, 0.1) is 0 Å². The van der Waals surface area contributed by atoms with Crippen LogP contribution in [0.4, 0.5) is 4.79 Å². The molecule has 0 bridgehead atoms. The average Bonchev–Trinajstić information content (AvgIpc) is 2.59. The summed E-state index contributed by atoms with van der Waals surface area (Å²) in [7, 11) is 0. The van der Waals surface area contributed by atoms with E-state index in [9.17, 15) is 15.0 Å². The van der Waals surface area contributed by atoms with E-state index in [4.69, 9.17) is 16.3 Å². The van der Waals surface area contributed by atoms with Gasteiger partial charge in [-0.15, -0.1) is 0 Å². The maximum atomic E-state index is 11.6. The Morgan fingerprint density at radius 1 is 1.20 bits per heavy atom. The molecule has 2 aromatic rings. The third kappa shape index (κ3) is 6.66. The molecule has 0 saturated heterocycles. The second-order valence-corrected chi connectivity index (χ2v) is 6.84. The number of nitrogens with one attached hydrogen (secondary N) is 1. The van der Waals surface area contributed by atoms with Crippen molar-refractivity contribution in [1.82, 2.24) is 5.32 Å². The van der Waals surface area contributed by atoms with E-state index in [0.717, 1.165) is 5.56 Å². The van der Waals surface area contributed by atoms with Crippen molar-refractivity contribution in [3.63, 3.8) is 0 Å². The molecule has 0 radical (unpaired) electrons. The van der Waals surface area contributed by atoms with E-state index < -0.39 is 18.3 Å². The van der Waals surface area contributed by atoms with Gasteiger partial charge in [0.15, 0.2) is 0 Å². The minimum absolute atomic E-state index is 0.172. The molecule has 0 saturated carbocycles. The van der Waals surface area contributed by atoms with E-state index in [-0.39, 0.29) is 19.6 Å². The molecule has 5 nitrogen and oxygen atoms in total. The summed E-state index contributed by atoms with van der Waals surface area (Å²) in [4.78, 5) is 11.6. The van der Waals surface area contributed by atoms with Crippen molar-refractivity contribution in [2.24, 2.45) is 0 Å². The predicted octanol–water partition coefficient (Wildman–Crippen LogP) is 3.81. The fraction of sp³-hybridized carbons (Fsp3) is 0.278. The molecule has 2 rings (SSSR count). The van der Waals surface area contributed by atoms with Gasteiger partial charge in [0.25, 0.3) is 0 Å². The standard InChI is InChI=1S/C18H19BrClNO4/c19-14-8-13(9-15(20)10-14)17(23)16(22)6-7-21-18(24)25-11-12-4-2-1-3-5-12/h1-5,8-10,16-17,22-23H,6-7,11H2,(H,21,24). The summed E-state index contributed by atoms with van der Waals surface area (Å²) in [6, 6.07) is 14.3. The van der Waals surface area contributed by atoms with E-state index in [1.807, 2.05) is 30.3 Å². The highest BCUT2D eigenvalue weighted by atomic mass is 79.9. The minimum Gasteiger partial charge on any atom is -0.445 e. The smallest absolute Gasteiger partial charge is 0.407 e. The zero-order valence-corrected chi connectivity index (χ0v) is 15.7. The number of aliphatic hydroxyl groups is 2. The number of ether oxygens (including phenoxy) is 1. The van der Waals surface area contributed by atoms with Crippen LogP contribution in [0.2, 0.25) is 5.02 Å². The number of carbonyl (C=O) groups excluding carboxylic acids is 1. The molecule has 1 amide bonds. The summed E-state index contributed by atoms with van der Waals surface area (Å²) >= 11 is 9.22. The van der Waals surface area contributed by atoms with Gasteiger partial charge in [0.1, 0.15) is 12.7 Å². The van der Waals surface area contributed by atoms with Crippen LogP contribution in [0.5, 0.6) is 0 Å². The van der Waals surface area contributed by atoms with Crippen LogP contribution in [0.1, 0.15) is 23.7 Å². The van der Waals surface area contributed by atoms with Gasteiger partial charge >= 0.3 is 6.09 Å². The maximum Gasteiger partial charge on any atom is 0.407 e. The third-order valence-electron chi connectivity index (χ3n) is 3.51. The first-order chi connectivity index (χ1) is 12.0. The first-order valence-electron chi connectivity index (χ1n) is 7.72. The highest BCUT2D eigenvalue weighted by Crippen LogP contribution is 2.26. The SMILES string of the molecule is O=C(NCCC(O)C(O)c1cc(Cl)cc(Br)c1)OCc1ccccc1.